The summed E-state index contributed by atoms with van der Waals surface area (Å²) in [5.41, 5.74) is 1.93. The molecule has 0 atom stereocenters. The van der Waals surface area contributed by atoms with Gasteiger partial charge in [-0.2, -0.15) is 5.26 Å². The molecule has 0 fully saturated rings. The molecular formula is C20H21FN6O2S. The van der Waals surface area contributed by atoms with Crippen LogP contribution in [0, 0.1) is 31.0 Å². The molecule has 0 aliphatic rings. The van der Waals surface area contributed by atoms with Crippen molar-refractivity contribution in [2.75, 3.05) is 11.1 Å². The summed E-state index contributed by atoms with van der Waals surface area (Å²) in [4.78, 5) is 24.4. The number of nitrogens with one attached hydrogen (secondary N) is 2. The van der Waals surface area contributed by atoms with Crippen molar-refractivity contribution in [2.45, 2.75) is 38.9 Å². The Balaban J connectivity index is 1.87. The Hall–Kier alpha value is -3.32. The zero-order valence-electron chi connectivity index (χ0n) is 16.8. The highest BCUT2D eigenvalue weighted by Gasteiger charge is 2.21. The minimum absolute atomic E-state index is 0.00863. The second-order valence-corrected chi connectivity index (χ2v) is 7.60. The van der Waals surface area contributed by atoms with E-state index >= 15 is 0 Å². The minimum atomic E-state index is -0.419. The van der Waals surface area contributed by atoms with Gasteiger partial charge in [-0.25, -0.2) is 14.3 Å². The van der Waals surface area contributed by atoms with Gasteiger partial charge in [0.05, 0.1) is 17.0 Å². The van der Waals surface area contributed by atoms with Crippen LogP contribution < -0.4 is 11.0 Å². The number of H-pyrrole nitrogens is 1. The van der Waals surface area contributed by atoms with Gasteiger partial charge >= 0.3 is 5.69 Å². The highest BCUT2D eigenvalue weighted by atomic mass is 32.2. The van der Waals surface area contributed by atoms with Gasteiger partial charge in [-0.15, -0.1) is 5.10 Å². The van der Waals surface area contributed by atoms with Gasteiger partial charge in [-0.3, -0.25) is 13.9 Å². The van der Waals surface area contributed by atoms with E-state index < -0.39 is 5.82 Å². The number of carbonyl (C=O) groups excluding carboxylic acids is 1. The Kier molecular flexibility index (Phi) is 6.42. The predicted octanol–water partition coefficient (Wildman–Crippen LogP) is 3.13. The van der Waals surface area contributed by atoms with Crippen LogP contribution in [0.1, 0.15) is 30.2 Å². The number of thioether (sulfide) groups is 1. The number of hydrogen-bond acceptors (Lipinski definition) is 5. The summed E-state index contributed by atoms with van der Waals surface area (Å²) in [5, 5.41) is 19.1. The molecule has 0 saturated heterocycles. The predicted molar refractivity (Wildman–Crippen MR) is 112 cm³/mol. The average molecular weight is 428 g/mol. The first kappa shape index (κ1) is 21.4. The molecule has 0 bridgehead atoms. The van der Waals surface area contributed by atoms with Gasteiger partial charge in [0.1, 0.15) is 17.7 Å². The monoisotopic (exact) mass is 428 g/mol. The number of amides is 1. The Morgan fingerprint density at radius 3 is 2.83 bits per heavy atom. The molecule has 10 heteroatoms. The van der Waals surface area contributed by atoms with Crippen molar-refractivity contribution in [3.8, 4) is 11.8 Å². The summed E-state index contributed by atoms with van der Waals surface area (Å²) >= 11 is 1.12. The van der Waals surface area contributed by atoms with Crippen molar-refractivity contribution >= 4 is 23.5 Å². The fraction of sp³-hybridized carbons (Fsp3) is 0.300. The fourth-order valence-corrected chi connectivity index (χ4v) is 3.90. The van der Waals surface area contributed by atoms with Crippen molar-refractivity contribution in [3.63, 3.8) is 0 Å². The van der Waals surface area contributed by atoms with Crippen LogP contribution in [0.4, 0.5) is 10.2 Å². The van der Waals surface area contributed by atoms with Gasteiger partial charge in [0.25, 0.3) is 0 Å². The van der Waals surface area contributed by atoms with Gasteiger partial charge in [0, 0.05) is 12.2 Å². The zero-order chi connectivity index (χ0) is 21.8. The molecule has 8 nitrogen and oxygen atoms in total. The van der Waals surface area contributed by atoms with Crippen molar-refractivity contribution < 1.29 is 9.18 Å². The number of aromatic nitrogens is 4. The molecule has 3 aromatic rings. The molecule has 30 heavy (non-hydrogen) atoms. The van der Waals surface area contributed by atoms with Crippen LogP contribution in [0.3, 0.4) is 0 Å². The molecule has 0 spiro atoms. The van der Waals surface area contributed by atoms with E-state index in [1.807, 2.05) is 6.92 Å². The van der Waals surface area contributed by atoms with Crippen LogP contribution in [0.15, 0.2) is 34.2 Å². The Bertz CT molecular complexity index is 1190. The summed E-state index contributed by atoms with van der Waals surface area (Å²) in [5.74, 6) is -0.510. The van der Waals surface area contributed by atoms with E-state index in [2.05, 4.69) is 21.6 Å². The van der Waals surface area contributed by atoms with Gasteiger partial charge < -0.3 is 5.32 Å². The minimum Gasteiger partial charge on any atom is -0.310 e. The molecule has 0 aliphatic carbocycles. The number of anilines is 1. The molecule has 0 saturated carbocycles. The molecule has 2 N–H and O–H groups in total. The number of rotatable bonds is 7. The highest BCUT2D eigenvalue weighted by molar-refractivity contribution is 7.99. The van der Waals surface area contributed by atoms with Crippen molar-refractivity contribution in [1.82, 2.24) is 19.3 Å². The normalized spacial score (nSPS) is 10.8. The first-order chi connectivity index (χ1) is 14.4. The molecule has 156 valence electrons. The fourth-order valence-electron chi connectivity index (χ4n) is 3.13. The Morgan fingerprint density at radius 1 is 1.40 bits per heavy atom. The summed E-state index contributed by atoms with van der Waals surface area (Å²) in [6, 6.07) is 8.06. The highest BCUT2D eigenvalue weighted by Crippen LogP contribution is 2.30. The largest absolute Gasteiger partial charge is 0.343 e. The average Bonchev–Trinajstić information content (AvgIpc) is 3.17. The lowest BCUT2D eigenvalue weighted by Crippen LogP contribution is -2.20. The molecule has 2 aromatic heterocycles. The van der Waals surface area contributed by atoms with Gasteiger partial charge in [0.2, 0.25) is 5.91 Å². The lowest BCUT2D eigenvalue weighted by atomic mass is 10.2. The number of benzene rings is 1. The van der Waals surface area contributed by atoms with Crippen LogP contribution in [0.2, 0.25) is 0 Å². The van der Waals surface area contributed by atoms with E-state index in [0.717, 1.165) is 23.9 Å². The summed E-state index contributed by atoms with van der Waals surface area (Å²) in [6.07, 6.45) is 0.754. The van der Waals surface area contributed by atoms with E-state index in [9.17, 15) is 19.2 Å². The van der Waals surface area contributed by atoms with Crippen molar-refractivity contribution in [1.29, 1.82) is 5.26 Å². The standard InChI is InChI=1S/C20H21FN6O2S/c1-4-8-26-19(29)24-25-20(26)30-11-17(28)23-18-16(10-22)12(2)13(3)27(18)15-7-5-6-14(21)9-15/h5-7,9H,4,8,11H2,1-3H3,(H,23,28)(H,24,29). The van der Waals surface area contributed by atoms with Crippen molar-refractivity contribution in [2.24, 2.45) is 0 Å². The van der Waals surface area contributed by atoms with E-state index in [0.29, 0.717) is 28.5 Å². The first-order valence-electron chi connectivity index (χ1n) is 9.33. The zero-order valence-corrected chi connectivity index (χ0v) is 17.6. The number of nitrogens with zero attached hydrogens (tertiary/aromatic N) is 4. The maximum atomic E-state index is 13.8. The Labute approximate surface area is 176 Å². The number of carbonyl (C=O) groups is 1. The number of halogens is 1. The van der Waals surface area contributed by atoms with Crippen LogP contribution in [0.5, 0.6) is 0 Å². The summed E-state index contributed by atoms with van der Waals surface area (Å²) in [6.45, 7) is 6.02. The third kappa shape index (κ3) is 4.16. The van der Waals surface area contributed by atoms with Gasteiger partial charge in [0.15, 0.2) is 5.16 Å². The van der Waals surface area contributed by atoms with Crippen molar-refractivity contribution in [3.05, 3.63) is 57.4 Å². The third-order valence-electron chi connectivity index (χ3n) is 4.65. The molecule has 1 aromatic carbocycles. The molecule has 0 unspecified atom stereocenters. The molecule has 2 heterocycles. The van der Waals surface area contributed by atoms with E-state index in [4.69, 9.17) is 0 Å². The SMILES string of the molecule is CCCn1c(SCC(=O)Nc2c(C#N)c(C)c(C)n2-c2cccc(F)c2)n[nH]c1=O. The van der Waals surface area contributed by atoms with Crippen LogP contribution in [-0.2, 0) is 11.3 Å². The lowest BCUT2D eigenvalue weighted by molar-refractivity contribution is -0.113. The van der Waals surface area contributed by atoms with Crippen LogP contribution >= 0.6 is 11.8 Å². The molecule has 0 radical (unpaired) electrons. The maximum absolute atomic E-state index is 13.8. The van der Waals surface area contributed by atoms with E-state index in [-0.39, 0.29) is 23.2 Å². The van der Waals surface area contributed by atoms with Gasteiger partial charge in [-0.1, -0.05) is 24.8 Å². The smallest absolute Gasteiger partial charge is 0.310 e. The molecular weight excluding hydrogens is 407 g/mol. The number of aromatic amines is 1. The topological polar surface area (TPSA) is 108 Å². The lowest BCUT2D eigenvalue weighted by Gasteiger charge is -2.13. The maximum Gasteiger partial charge on any atom is 0.343 e. The second-order valence-electron chi connectivity index (χ2n) is 6.66. The quantitative estimate of drug-likeness (QED) is 0.562. The van der Waals surface area contributed by atoms with E-state index in [1.54, 1.807) is 30.5 Å². The van der Waals surface area contributed by atoms with Crippen LogP contribution in [0.25, 0.3) is 5.69 Å². The molecule has 3 rings (SSSR count). The Morgan fingerprint density at radius 2 is 2.17 bits per heavy atom. The summed E-state index contributed by atoms with van der Waals surface area (Å²) in [7, 11) is 0. The number of hydrogen-bond donors (Lipinski definition) is 2. The molecule has 1 amide bonds. The van der Waals surface area contributed by atoms with E-state index in [1.165, 1.54) is 16.7 Å². The van der Waals surface area contributed by atoms with Gasteiger partial charge in [-0.05, 0) is 44.0 Å². The number of nitriles is 1. The third-order valence-corrected chi connectivity index (χ3v) is 5.63. The van der Waals surface area contributed by atoms with Crippen LogP contribution in [-0.4, -0.2) is 31.0 Å². The molecule has 0 aliphatic heterocycles. The second kappa shape index (κ2) is 9.00. The first-order valence-corrected chi connectivity index (χ1v) is 10.3. The summed E-state index contributed by atoms with van der Waals surface area (Å²) < 4.78 is 16.9.